The number of rotatable bonds is 4. The minimum Gasteiger partial charge on any atom is -0.306 e. The van der Waals surface area contributed by atoms with Crippen LogP contribution in [0.25, 0.3) is 22.0 Å². The minimum absolute atomic E-state index is 0.207. The number of aryl methyl sites for hydroxylation is 1. The van der Waals surface area contributed by atoms with Gasteiger partial charge in [0.1, 0.15) is 11.4 Å². The third kappa shape index (κ3) is 2.70. The van der Waals surface area contributed by atoms with Crippen molar-refractivity contribution < 1.29 is 4.79 Å². The van der Waals surface area contributed by atoms with Crippen LogP contribution in [0, 0.1) is 5.92 Å². The lowest BCUT2D eigenvalue weighted by molar-refractivity contribution is -0.129. The van der Waals surface area contributed by atoms with Crippen molar-refractivity contribution in [1.29, 1.82) is 0 Å². The van der Waals surface area contributed by atoms with E-state index in [9.17, 15) is 4.79 Å². The summed E-state index contributed by atoms with van der Waals surface area (Å²) in [5.41, 5.74) is 4.03. The number of likely N-dealkylation sites (tertiary alicyclic amines) is 1. The van der Waals surface area contributed by atoms with Crippen LogP contribution in [0.1, 0.15) is 18.4 Å². The van der Waals surface area contributed by atoms with E-state index in [0.29, 0.717) is 5.92 Å². The highest BCUT2D eigenvalue weighted by molar-refractivity contribution is 6.16. The molecular weight excluding hydrogens is 374 g/mol. The summed E-state index contributed by atoms with van der Waals surface area (Å²) < 4.78 is 1.89. The Labute approximate surface area is 175 Å². The molecule has 0 radical (unpaired) electrons. The first-order chi connectivity index (χ1) is 14.5. The number of carbonyl (C=O) groups is 1. The van der Waals surface area contributed by atoms with E-state index in [1.807, 2.05) is 22.8 Å². The lowest BCUT2D eigenvalue weighted by Crippen LogP contribution is -2.51. The van der Waals surface area contributed by atoms with Gasteiger partial charge in [-0.3, -0.25) is 19.4 Å². The molecule has 2 fully saturated rings. The predicted octanol–water partition coefficient (Wildman–Crippen LogP) is 2.92. The van der Waals surface area contributed by atoms with Crippen molar-refractivity contribution in [1.82, 2.24) is 19.6 Å². The molecule has 1 spiro atoms. The fourth-order valence-electron chi connectivity index (χ4n) is 4.85. The quantitative estimate of drug-likeness (QED) is 0.678. The van der Waals surface area contributed by atoms with Crippen molar-refractivity contribution in [2.75, 3.05) is 26.7 Å². The van der Waals surface area contributed by atoms with E-state index in [0.717, 1.165) is 60.3 Å². The largest absolute Gasteiger partial charge is 0.306 e. The molecule has 1 aromatic heterocycles. The highest BCUT2D eigenvalue weighted by Gasteiger charge is 2.57. The number of fused-ring (bicyclic) bond motifs is 1. The second-order valence-electron chi connectivity index (χ2n) is 9.09. The summed E-state index contributed by atoms with van der Waals surface area (Å²) in [7, 11) is 4.09. The van der Waals surface area contributed by atoms with Gasteiger partial charge in [-0.05, 0) is 43.1 Å². The number of benzene rings is 2. The van der Waals surface area contributed by atoms with E-state index < -0.39 is 5.54 Å². The van der Waals surface area contributed by atoms with Gasteiger partial charge in [0.2, 0.25) is 0 Å². The predicted molar refractivity (Wildman–Crippen MR) is 117 cm³/mol. The van der Waals surface area contributed by atoms with E-state index in [1.54, 1.807) is 0 Å². The standard InChI is InChI=1S/C24H25N5O/c1-27-13-16(14-27)15-29-22(26-24(9-10-24)23(29)30)18-5-3-17(4-6-18)19-7-8-21-20(11-19)12-25-28(21)2/h3-8,11-12,16H,9-10,13-15H2,1-2H3. The molecule has 152 valence electrons. The molecule has 6 nitrogen and oxygen atoms in total. The van der Waals surface area contributed by atoms with Gasteiger partial charge in [-0.15, -0.1) is 0 Å². The number of carbonyl (C=O) groups excluding carboxylic acids is 1. The van der Waals surface area contributed by atoms with Crippen molar-refractivity contribution in [2.45, 2.75) is 18.4 Å². The molecule has 2 aliphatic heterocycles. The first kappa shape index (κ1) is 17.8. The molecule has 3 aromatic rings. The Bertz CT molecular complexity index is 1180. The summed E-state index contributed by atoms with van der Waals surface area (Å²) in [5.74, 6) is 1.61. The Kier molecular flexibility index (Phi) is 3.72. The maximum absolute atomic E-state index is 13.0. The number of aliphatic imine (C=N–C) groups is 1. The second-order valence-corrected chi connectivity index (χ2v) is 9.09. The molecule has 6 heteroatoms. The zero-order valence-electron chi connectivity index (χ0n) is 17.4. The number of aromatic nitrogens is 2. The summed E-state index contributed by atoms with van der Waals surface area (Å²) >= 11 is 0. The maximum Gasteiger partial charge on any atom is 0.256 e. The summed E-state index contributed by atoms with van der Waals surface area (Å²) in [6, 6.07) is 14.9. The highest BCUT2D eigenvalue weighted by Crippen LogP contribution is 2.46. The van der Waals surface area contributed by atoms with Gasteiger partial charge in [-0.25, -0.2) is 0 Å². The summed E-state index contributed by atoms with van der Waals surface area (Å²) in [6.07, 6.45) is 3.68. The van der Waals surface area contributed by atoms with E-state index in [-0.39, 0.29) is 5.91 Å². The summed E-state index contributed by atoms with van der Waals surface area (Å²) in [4.78, 5) is 22.2. The molecule has 2 aromatic carbocycles. The molecule has 1 saturated heterocycles. The third-order valence-electron chi connectivity index (χ3n) is 6.75. The Hall–Kier alpha value is -2.99. The van der Waals surface area contributed by atoms with Gasteiger partial charge < -0.3 is 4.90 Å². The molecular formula is C24H25N5O. The fraction of sp³-hybridized carbons (Fsp3) is 0.375. The summed E-state index contributed by atoms with van der Waals surface area (Å²) in [6.45, 7) is 2.89. The molecule has 1 amide bonds. The van der Waals surface area contributed by atoms with Gasteiger partial charge in [0.05, 0.1) is 11.7 Å². The maximum atomic E-state index is 13.0. The number of nitrogens with zero attached hydrogens (tertiary/aromatic N) is 5. The van der Waals surface area contributed by atoms with Crippen molar-refractivity contribution in [2.24, 2.45) is 18.0 Å². The monoisotopic (exact) mass is 399 g/mol. The fourth-order valence-corrected chi connectivity index (χ4v) is 4.85. The van der Waals surface area contributed by atoms with Crippen LogP contribution in [-0.2, 0) is 11.8 Å². The zero-order chi connectivity index (χ0) is 20.5. The second kappa shape index (κ2) is 6.25. The Morgan fingerprint density at radius 1 is 1.00 bits per heavy atom. The van der Waals surface area contributed by atoms with Crippen molar-refractivity contribution >= 4 is 22.6 Å². The van der Waals surface area contributed by atoms with Crippen LogP contribution in [0.2, 0.25) is 0 Å². The lowest BCUT2D eigenvalue weighted by Gasteiger charge is -2.38. The van der Waals surface area contributed by atoms with Crippen LogP contribution in [0.5, 0.6) is 0 Å². The Morgan fingerprint density at radius 2 is 1.70 bits per heavy atom. The van der Waals surface area contributed by atoms with Gasteiger partial charge in [-0.1, -0.05) is 30.3 Å². The van der Waals surface area contributed by atoms with Crippen molar-refractivity contribution in [3.8, 4) is 11.1 Å². The van der Waals surface area contributed by atoms with Gasteiger partial charge in [0.15, 0.2) is 0 Å². The molecule has 0 bridgehead atoms. The average molecular weight is 399 g/mol. The van der Waals surface area contributed by atoms with Crippen molar-refractivity contribution in [3.63, 3.8) is 0 Å². The molecule has 1 aliphatic carbocycles. The number of hydrogen-bond acceptors (Lipinski definition) is 4. The van der Waals surface area contributed by atoms with E-state index in [1.165, 1.54) is 5.56 Å². The van der Waals surface area contributed by atoms with Crippen molar-refractivity contribution in [3.05, 3.63) is 54.2 Å². The Morgan fingerprint density at radius 3 is 2.40 bits per heavy atom. The van der Waals surface area contributed by atoms with Gasteiger partial charge in [-0.2, -0.15) is 5.10 Å². The zero-order valence-corrected chi connectivity index (χ0v) is 17.4. The number of amides is 1. The van der Waals surface area contributed by atoms with Gasteiger partial charge in [0, 0.05) is 43.5 Å². The SMILES string of the molecule is CN1CC(CN2C(=O)C3(CC3)N=C2c2ccc(-c3ccc4c(cnn4C)c3)cc2)C1. The first-order valence-corrected chi connectivity index (χ1v) is 10.7. The van der Waals surface area contributed by atoms with E-state index >= 15 is 0 Å². The van der Waals surface area contributed by atoms with Gasteiger partial charge in [0.25, 0.3) is 5.91 Å². The Balaban J connectivity index is 1.29. The normalized spacial score (nSPS) is 20.8. The van der Waals surface area contributed by atoms with Crippen LogP contribution in [0.4, 0.5) is 0 Å². The molecule has 0 unspecified atom stereocenters. The lowest BCUT2D eigenvalue weighted by atomic mass is 9.99. The number of hydrogen-bond donors (Lipinski definition) is 0. The van der Waals surface area contributed by atoms with Crippen LogP contribution in [-0.4, -0.2) is 63.5 Å². The molecule has 6 rings (SSSR count). The summed E-state index contributed by atoms with van der Waals surface area (Å²) in [5, 5.41) is 5.47. The molecule has 3 aliphatic rings. The van der Waals surface area contributed by atoms with Gasteiger partial charge >= 0.3 is 0 Å². The molecule has 1 saturated carbocycles. The van der Waals surface area contributed by atoms with Crippen LogP contribution in [0.3, 0.4) is 0 Å². The smallest absolute Gasteiger partial charge is 0.256 e. The van der Waals surface area contributed by atoms with Crippen LogP contribution in [0.15, 0.2) is 53.7 Å². The topological polar surface area (TPSA) is 53.7 Å². The molecule has 30 heavy (non-hydrogen) atoms. The highest BCUT2D eigenvalue weighted by atomic mass is 16.2. The molecule has 0 atom stereocenters. The third-order valence-corrected chi connectivity index (χ3v) is 6.75. The van der Waals surface area contributed by atoms with Crippen LogP contribution >= 0.6 is 0 Å². The minimum atomic E-state index is -0.449. The average Bonchev–Trinajstić information content (AvgIpc) is 3.36. The molecule has 3 heterocycles. The van der Waals surface area contributed by atoms with E-state index in [4.69, 9.17) is 4.99 Å². The molecule has 0 N–H and O–H groups in total. The number of amidine groups is 1. The van der Waals surface area contributed by atoms with Crippen LogP contribution < -0.4 is 0 Å². The van der Waals surface area contributed by atoms with E-state index in [2.05, 4.69) is 59.5 Å². The first-order valence-electron chi connectivity index (χ1n) is 10.7.